The first-order chi connectivity index (χ1) is 11.7. The van der Waals surface area contributed by atoms with Gasteiger partial charge in [0.25, 0.3) is 0 Å². The monoisotopic (exact) mass is 347 g/mol. The quantitative estimate of drug-likeness (QED) is 0.731. The maximum atomic E-state index is 11.9. The van der Waals surface area contributed by atoms with Crippen molar-refractivity contribution >= 4 is 11.9 Å². The predicted octanol–water partition coefficient (Wildman–Crippen LogP) is 1.98. The number of carboxylic acids is 1. The Morgan fingerprint density at radius 2 is 1.92 bits per heavy atom. The van der Waals surface area contributed by atoms with E-state index < -0.39 is 29.5 Å². The summed E-state index contributed by atoms with van der Waals surface area (Å²) < 4.78 is 10.4. The summed E-state index contributed by atoms with van der Waals surface area (Å²) in [6.45, 7) is 5.27. The molecule has 25 heavy (non-hydrogen) atoms. The molecule has 0 aliphatic heterocycles. The van der Waals surface area contributed by atoms with E-state index in [1.807, 2.05) is 30.3 Å². The molecule has 1 aromatic heterocycles. The van der Waals surface area contributed by atoms with Crippen LogP contribution in [0.25, 0.3) is 0 Å². The number of esters is 1. The molecular formula is C17H21N3O5. The predicted molar refractivity (Wildman–Crippen MR) is 88.0 cm³/mol. The first kappa shape index (κ1) is 18.6. The molecule has 2 aromatic rings. The Morgan fingerprint density at radius 1 is 1.24 bits per heavy atom. The summed E-state index contributed by atoms with van der Waals surface area (Å²) in [6, 6.07) is 8.97. The van der Waals surface area contributed by atoms with E-state index in [1.54, 1.807) is 20.8 Å². The van der Waals surface area contributed by atoms with Gasteiger partial charge < -0.3 is 14.3 Å². The largest absolute Gasteiger partial charge is 0.474 e. The number of hydrogen-bond donors (Lipinski definition) is 2. The van der Waals surface area contributed by atoms with Gasteiger partial charge in [-0.1, -0.05) is 30.3 Å². The van der Waals surface area contributed by atoms with Crippen molar-refractivity contribution < 1.29 is 23.8 Å². The number of nitrogens with zero attached hydrogens (tertiary/aromatic N) is 2. The Bertz CT molecular complexity index is 721. The van der Waals surface area contributed by atoms with Crippen LogP contribution in [0, 0.1) is 0 Å². The van der Waals surface area contributed by atoms with Crippen LogP contribution in [0.4, 0.5) is 0 Å². The maximum absolute atomic E-state index is 11.9. The highest BCUT2D eigenvalue weighted by molar-refractivity contribution is 5.81. The van der Waals surface area contributed by atoms with E-state index in [-0.39, 0.29) is 12.4 Å². The van der Waals surface area contributed by atoms with Gasteiger partial charge >= 0.3 is 17.8 Å². The van der Waals surface area contributed by atoms with Crippen molar-refractivity contribution in [1.82, 2.24) is 15.5 Å². The smallest absolute Gasteiger partial charge is 0.393 e. The van der Waals surface area contributed by atoms with Crippen LogP contribution in [-0.4, -0.2) is 39.4 Å². The lowest BCUT2D eigenvalue weighted by Gasteiger charge is -2.21. The van der Waals surface area contributed by atoms with Crippen LogP contribution in [0.5, 0.6) is 0 Å². The summed E-state index contributed by atoms with van der Waals surface area (Å²) in [7, 11) is 0. The topological polar surface area (TPSA) is 115 Å². The van der Waals surface area contributed by atoms with Gasteiger partial charge in [-0.3, -0.25) is 10.1 Å². The van der Waals surface area contributed by atoms with Crippen molar-refractivity contribution in [2.45, 2.75) is 38.8 Å². The van der Waals surface area contributed by atoms with E-state index in [9.17, 15) is 9.59 Å². The molecule has 0 amide bonds. The maximum Gasteiger partial charge on any atom is 0.393 e. The Labute approximate surface area is 145 Å². The van der Waals surface area contributed by atoms with E-state index in [2.05, 4.69) is 15.5 Å². The van der Waals surface area contributed by atoms with Crippen LogP contribution in [0.2, 0.25) is 0 Å². The summed E-state index contributed by atoms with van der Waals surface area (Å²) in [5.74, 6) is -2.12. The van der Waals surface area contributed by atoms with Gasteiger partial charge in [0.15, 0.2) is 0 Å². The molecule has 2 rings (SSSR count). The minimum absolute atomic E-state index is 0.0699. The highest BCUT2D eigenvalue weighted by atomic mass is 16.6. The summed E-state index contributed by atoms with van der Waals surface area (Å²) in [4.78, 5) is 22.8. The molecule has 1 heterocycles. The average molecular weight is 347 g/mol. The molecule has 0 aliphatic rings. The third-order valence-corrected chi connectivity index (χ3v) is 3.12. The van der Waals surface area contributed by atoms with Crippen LogP contribution >= 0.6 is 0 Å². The van der Waals surface area contributed by atoms with Crippen molar-refractivity contribution in [2.24, 2.45) is 0 Å². The molecule has 2 N–H and O–H groups in total. The number of carbonyl (C=O) groups is 2. The van der Waals surface area contributed by atoms with Crippen LogP contribution in [0.3, 0.4) is 0 Å². The van der Waals surface area contributed by atoms with Gasteiger partial charge in [0.1, 0.15) is 5.60 Å². The highest BCUT2D eigenvalue weighted by Crippen LogP contribution is 2.18. The average Bonchev–Trinajstić information content (AvgIpc) is 3.01. The van der Waals surface area contributed by atoms with Crippen molar-refractivity contribution in [2.75, 3.05) is 6.54 Å². The molecule has 0 saturated heterocycles. The zero-order chi connectivity index (χ0) is 18.4. The Kier molecular flexibility index (Phi) is 5.87. The van der Waals surface area contributed by atoms with Gasteiger partial charge in [-0.2, -0.15) is 0 Å². The molecule has 0 spiro atoms. The van der Waals surface area contributed by atoms with Gasteiger partial charge in [-0.25, -0.2) is 4.79 Å². The van der Waals surface area contributed by atoms with Gasteiger partial charge in [-0.05, 0) is 32.8 Å². The minimum Gasteiger partial charge on any atom is -0.474 e. The van der Waals surface area contributed by atoms with E-state index >= 15 is 0 Å². The number of carboxylic acid groups (broad SMARTS) is 1. The molecule has 1 atom stereocenters. The molecule has 134 valence electrons. The van der Waals surface area contributed by atoms with E-state index in [1.165, 1.54) is 0 Å². The molecule has 1 unspecified atom stereocenters. The molecule has 0 radical (unpaired) electrons. The number of aromatic carboxylic acids is 1. The number of carbonyl (C=O) groups excluding carboxylic acids is 1. The molecule has 0 fully saturated rings. The molecular weight excluding hydrogens is 326 g/mol. The SMILES string of the molecule is CC(C)(C)OC(=O)CNC(Cc1ccccc1)c1nnc(C(=O)O)o1. The summed E-state index contributed by atoms with van der Waals surface area (Å²) in [6.07, 6.45) is 0.449. The van der Waals surface area contributed by atoms with Crippen LogP contribution in [-0.2, 0) is 16.0 Å². The second-order valence-corrected chi connectivity index (χ2v) is 6.46. The van der Waals surface area contributed by atoms with Crippen molar-refractivity contribution in [3.63, 3.8) is 0 Å². The number of ether oxygens (including phenoxy) is 1. The Morgan fingerprint density at radius 3 is 2.48 bits per heavy atom. The third kappa shape index (κ3) is 6.00. The van der Waals surface area contributed by atoms with E-state index in [0.29, 0.717) is 6.42 Å². The standard InChI is InChI=1S/C17H21N3O5/c1-17(2,3)25-13(21)10-18-12(9-11-7-5-4-6-8-11)14-19-20-15(24-14)16(22)23/h4-8,12,18H,9-10H2,1-3H3,(H,22,23). The van der Waals surface area contributed by atoms with Gasteiger partial charge in [0.05, 0.1) is 12.6 Å². The second kappa shape index (κ2) is 7.89. The number of rotatable bonds is 7. The molecule has 8 heteroatoms. The van der Waals surface area contributed by atoms with E-state index in [0.717, 1.165) is 5.56 Å². The van der Waals surface area contributed by atoms with E-state index in [4.69, 9.17) is 14.3 Å². The Balaban J connectivity index is 2.11. The first-order valence-corrected chi connectivity index (χ1v) is 7.80. The minimum atomic E-state index is -1.30. The zero-order valence-corrected chi connectivity index (χ0v) is 14.4. The lowest BCUT2D eigenvalue weighted by molar-refractivity contribution is -0.153. The van der Waals surface area contributed by atoms with Crippen molar-refractivity contribution in [1.29, 1.82) is 0 Å². The van der Waals surface area contributed by atoms with Crippen molar-refractivity contribution in [3.05, 3.63) is 47.7 Å². The molecule has 1 aromatic carbocycles. The van der Waals surface area contributed by atoms with Gasteiger partial charge in [0.2, 0.25) is 5.89 Å². The third-order valence-electron chi connectivity index (χ3n) is 3.12. The van der Waals surface area contributed by atoms with Crippen LogP contribution < -0.4 is 5.32 Å². The van der Waals surface area contributed by atoms with Gasteiger partial charge in [0, 0.05) is 0 Å². The lowest BCUT2D eigenvalue weighted by Crippen LogP contribution is -2.34. The fraction of sp³-hybridized carbons (Fsp3) is 0.412. The van der Waals surface area contributed by atoms with Gasteiger partial charge in [-0.15, -0.1) is 10.2 Å². The highest BCUT2D eigenvalue weighted by Gasteiger charge is 2.23. The number of aromatic nitrogens is 2. The van der Waals surface area contributed by atoms with Crippen LogP contribution in [0.1, 0.15) is 49.0 Å². The molecule has 0 bridgehead atoms. The number of hydrogen-bond acceptors (Lipinski definition) is 7. The molecule has 0 saturated carbocycles. The normalized spacial score (nSPS) is 12.6. The summed E-state index contributed by atoms with van der Waals surface area (Å²) >= 11 is 0. The molecule has 8 nitrogen and oxygen atoms in total. The Hall–Kier alpha value is -2.74. The second-order valence-electron chi connectivity index (χ2n) is 6.46. The lowest BCUT2D eigenvalue weighted by atomic mass is 10.1. The summed E-state index contributed by atoms with van der Waals surface area (Å²) in [5, 5.41) is 19.2. The zero-order valence-electron chi connectivity index (χ0n) is 14.4. The fourth-order valence-electron chi connectivity index (χ4n) is 2.14. The fourth-order valence-corrected chi connectivity index (χ4v) is 2.14. The van der Waals surface area contributed by atoms with Crippen molar-refractivity contribution in [3.8, 4) is 0 Å². The first-order valence-electron chi connectivity index (χ1n) is 7.80. The molecule has 0 aliphatic carbocycles. The summed E-state index contributed by atoms with van der Waals surface area (Å²) in [5.41, 5.74) is 0.383. The number of benzene rings is 1. The number of nitrogens with one attached hydrogen (secondary N) is 1. The van der Waals surface area contributed by atoms with Crippen LogP contribution in [0.15, 0.2) is 34.7 Å².